The van der Waals surface area contributed by atoms with E-state index in [-0.39, 0.29) is 0 Å². The minimum Gasteiger partial charge on any atom is -0.492 e. The molecule has 3 heteroatoms. The van der Waals surface area contributed by atoms with E-state index in [1.807, 2.05) is 19.1 Å². The Morgan fingerprint density at radius 2 is 2.18 bits per heavy atom. The molecular weight excluding hydrogens is 212 g/mol. The van der Waals surface area contributed by atoms with Gasteiger partial charge in [-0.25, -0.2) is 0 Å². The number of hydrogen-bond donors (Lipinski definition) is 1. The van der Waals surface area contributed by atoms with E-state index in [9.17, 15) is 0 Å². The van der Waals surface area contributed by atoms with E-state index in [0.29, 0.717) is 19.1 Å². The molecule has 0 radical (unpaired) electrons. The Morgan fingerprint density at radius 3 is 2.88 bits per heavy atom. The van der Waals surface area contributed by atoms with E-state index < -0.39 is 0 Å². The molecule has 1 atom stereocenters. The molecule has 0 saturated carbocycles. The number of aromatic nitrogens is 1. The van der Waals surface area contributed by atoms with Crippen LogP contribution in [-0.2, 0) is 0 Å². The fourth-order valence-electron chi connectivity index (χ4n) is 2.00. The first-order chi connectivity index (χ1) is 8.27. The second kappa shape index (κ2) is 5.15. The van der Waals surface area contributed by atoms with Gasteiger partial charge in [-0.1, -0.05) is 19.1 Å². The molecule has 2 N–H and O–H groups in total. The van der Waals surface area contributed by atoms with Crippen molar-refractivity contribution in [1.29, 1.82) is 0 Å². The molecule has 90 valence electrons. The van der Waals surface area contributed by atoms with Gasteiger partial charge < -0.3 is 10.5 Å². The van der Waals surface area contributed by atoms with Gasteiger partial charge in [-0.05, 0) is 37.1 Å². The molecule has 0 saturated heterocycles. The summed E-state index contributed by atoms with van der Waals surface area (Å²) in [6.45, 7) is 5.39. The first-order valence-corrected chi connectivity index (χ1v) is 5.98. The van der Waals surface area contributed by atoms with E-state index in [0.717, 1.165) is 16.7 Å². The fraction of sp³-hybridized carbons (Fsp3) is 0.357. The van der Waals surface area contributed by atoms with Crippen LogP contribution in [0.3, 0.4) is 0 Å². The quantitative estimate of drug-likeness (QED) is 0.878. The molecule has 2 rings (SSSR count). The summed E-state index contributed by atoms with van der Waals surface area (Å²) >= 11 is 0. The van der Waals surface area contributed by atoms with Crippen LogP contribution in [0, 0.1) is 0 Å². The Hall–Kier alpha value is -1.61. The third-order valence-corrected chi connectivity index (χ3v) is 2.95. The maximum absolute atomic E-state index is 5.74. The average molecular weight is 230 g/mol. The predicted octanol–water partition coefficient (Wildman–Crippen LogP) is 2.70. The Kier molecular flexibility index (Phi) is 3.59. The molecule has 0 spiro atoms. The number of pyridine rings is 1. The SMILES string of the molecule is CCOc1ccc(C(C)CN)c2cccnc12. The number of ether oxygens (including phenoxy) is 1. The van der Waals surface area contributed by atoms with Gasteiger partial charge in [0.05, 0.1) is 6.61 Å². The monoisotopic (exact) mass is 230 g/mol. The number of benzene rings is 1. The lowest BCUT2D eigenvalue weighted by molar-refractivity contribution is 0.343. The average Bonchev–Trinajstić information content (AvgIpc) is 2.38. The highest BCUT2D eigenvalue weighted by Crippen LogP contribution is 2.30. The molecule has 3 nitrogen and oxygen atoms in total. The molecule has 0 fully saturated rings. The summed E-state index contributed by atoms with van der Waals surface area (Å²) in [5, 5.41) is 1.14. The van der Waals surface area contributed by atoms with Crippen LogP contribution in [0.1, 0.15) is 25.3 Å². The normalized spacial score (nSPS) is 12.6. The van der Waals surface area contributed by atoms with Crippen molar-refractivity contribution in [1.82, 2.24) is 4.98 Å². The van der Waals surface area contributed by atoms with Crippen LogP contribution in [-0.4, -0.2) is 18.1 Å². The molecule has 1 unspecified atom stereocenters. The van der Waals surface area contributed by atoms with Crippen LogP contribution in [0.5, 0.6) is 5.75 Å². The summed E-state index contributed by atoms with van der Waals surface area (Å²) in [6.07, 6.45) is 1.79. The zero-order valence-electron chi connectivity index (χ0n) is 10.3. The van der Waals surface area contributed by atoms with Gasteiger partial charge in [0.1, 0.15) is 11.3 Å². The Labute approximate surface area is 102 Å². The first-order valence-electron chi connectivity index (χ1n) is 5.98. The second-order valence-corrected chi connectivity index (χ2v) is 4.12. The van der Waals surface area contributed by atoms with Crippen LogP contribution < -0.4 is 10.5 Å². The van der Waals surface area contributed by atoms with Gasteiger partial charge >= 0.3 is 0 Å². The maximum Gasteiger partial charge on any atom is 0.145 e. The molecule has 0 amide bonds. The van der Waals surface area contributed by atoms with Gasteiger partial charge in [0.25, 0.3) is 0 Å². The topological polar surface area (TPSA) is 48.1 Å². The second-order valence-electron chi connectivity index (χ2n) is 4.12. The highest BCUT2D eigenvalue weighted by Gasteiger charge is 2.11. The Morgan fingerprint density at radius 1 is 1.35 bits per heavy atom. The van der Waals surface area contributed by atoms with E-state index in [1.165, 1.54) is 5.56 Å². The van der Waals surface area contributed by atoms with Crippen molar-refractivity contribution in [2.24, 2.45) is 5.73 Å². The molecule has 2 aromatic rings. The van der Waals surface area contributed by atoms with Crippen molar-refractivity contribution in [3.8, 4) is 5.75 Å². The zero-order chi connectivity index (χ0) is 12.3. The molecule has 1 heterocycles. The standard InChI is InChI=1S/C14H18N2O/c1-3-17-13-7-6-11(10(2)9-15)12-5-4-8-16-14(12)13/h4-8,10H,3,9,15H2,1-2H3. The van der Waals surface area contributed by atoms with Crippen molar-refractivity contribution in [2.75, 3.05) is 13.2 Å². The Balaban J connectivity index is 2.62. The third kappa shape index (κ3) is 2.24. The highest BCUT2D eigenvalue weighted by molar-refractivity contribution is 5.87. The molecule has 0 aliphatic heterocycles. The van der Waals surface area contributed by atoms with Crippen LogP contribution in [0.2, 0.25) is 0 Å². The van der Waals surface area contributed by atoms with Gasteiger partial charge in [-0.2, -0.15) is 0 Å². The number of nitrogens with two attached hydrogens (primary N) is 1. The molecular formula is C14H18N2O. The number of rotatable bonds is 4. The van der Waals surface area contributed by atoms with E-state index in [4.69, 9.17) is 10.5 Å². The van der Waals surface area contributed by atoms with E-state index >= 15 is 0 Å². The minimum absolute atomic E-state index is 0.331. The smallest absolute Gasteiger partial charge is 0.145 e. The summed E-state index contributed by atoms with van der Waals surface area (Å²) < 4.78 is 5.59. The fourth-order valence-corrected chi connectivity index (χ4v) is 2.00. The van der Waals surface area contributed by atoms with Crippen molar-refractivity contribution < 1.29 is 4.74 Å². The minimum atomic E-state index is 0.331. The highest BCUT2D eigenvalue weighted by atomic mass is 16.5. The Bertz CT molecular complexity index is 511. The number of nitrogens with zero attached hydrogens (tertiary/aromatic N) is 1. The van der Waals surface area contributed by atoms with E-state index in [2.05, 4.69) is 24.0 Å². The summed E-state index contributed by atoms with van der Waals surface area (Å²) in [6, 6.07) is 8.10. The van der Waals surface area contributed by atoms with E-state index in [1.54, 1.807) is 6.20 Å². The molecule has 0 bridgehead atoms. The number of fused-ring (bicyclic) bond motifs is 1. The van der Waals surface area contributed by atoms with Crippen molar-refractivity contribution in [3.63, 3.8) is 0 Å². The summed E-state index contributed by atoms with van der Waals surface area (Å²) in [5.41, 5.74) is 7.90. The maximum atomic E-state index is 5.74. The third-order valence-electron chi connectivity index (χ3n) is 2.95. The van der Waals surface area contributed by atoms with Crippen LogP contribution in [0.4, 0.5) is 0 Å². The number of hydrogen-bond acceptors (Lipinski definition) is 3. The van der Waals surface area contributed by atoms with Crippen LogP contribution in [0.25, 0.3) is 10.9 Å². The molecule has 1 aromatic heterocycles. The van der Waals surface area contributed by atoms with Crippen LogP contribution >= 0.6 is 0 Å². The first kappa shape index (κ1) is 11.9. The molecule has 0 aliphatic carbocycles. The van der Waals surface area contributed by atoms with Gasteiger partial charge in [0.15, 0.2) is 0 Å². The van der Waals surface area contributed by atoms with Crippen molar-refractivity contribution >= 4 is 10.9 Å². The summed E-state index contributed by atoms with van der Waals surface area (Å²) in [4.78, 5) is 4.41. The molecule has 1 aromatic carbocycles. The van der Waals surface area contributed by atoms with Crippen LogP contribution in [0.15, 0.2) is 30.5 Å². The predicted molar refractivity (Wildman–Crippen MR) is 70.4 cm³/mol. The zero-order valence-corrected chi connectivity index (χ0v) is 10.3. The molecule has 17 heavy (non-hydrogen) atoms. The van der Waals surface area contributed by atoms with Gasteiger partial charge in [0, 0.05) is 11.6 Å². The van der Waals surface area contributed by atoms with Gasteiger partial charge in [-0.3, -0.25) is 4.98 Å². The lowest BCUT2D eigenvalue weighted by atomic mass is 9.96. The lowest BCUT2D eigenvalue weighted by Gasteiger charge is -2.14. The largest absolute Gasteiger partial charge is 0.492 e. The lowest BCUT2D eigenvalue weighted by Crippen LogP contribution is -2.09. The van der Waals surface area contributed by atoms with Crippen molar-refractivity contribution in [3.05, 3.63) is 36.0 Å². The summed E-state index contributed by atoms with van der Waals surface area (Å²) in [5.74, 6) is 1.17. The molecule has 0 aliphatic rings. The van der Waals surface area contributed by atoms with Crippen molar-refractivity contribution in [2.45, 2.75) is 19.8 Å². The van der Waals surface area contributed by atoms with Gasteiger partial charge in [0.2, 0.25) is 0 Å². The summed E-state index contributed by atoms with van der Waals surface area (Å²) in [7, 11) is 0. The van der Waals surface area contributed by atoms with Gasteiger partial charge in [-0.15, -0.1) is 0 Å².